The molecule has 5 rings (SSSR count). The molecule has 2 saturated heterocycles. The second-order valence-corrected chi connectivity index (χ2v) is 15.1. The summed E-state index contributed by atoms with van der Waals surface area (Å²) in [6, 6.07) is 19.5. The molecule has 3 aromatic rings. The molecule has 2 fully saturated rings. The van der Waals surface area contributed by atoms with E-state index in [2.05, 4.69) is 10.6 Å². The first-order chi connectivity index (χ1) is 24.7. The average molecular weight is 766 g/mol. The van der Waals surface area contributed by atoms with Crippen molar-refractivity contribution in [2.45, 2.75) is 13.5 Å². The van der Waals surface area contributed by atoms with E-state index in [9.17, 15) is 24.3 Å². The van der Waals surface area contributed by atoms with Crippen LogP contribution < -0.4 is 15.4 Å². The molecule has 3 aromatic carbocycles. The Labute approximate surface area is 316 Å². The van der Waals surface area contributed by atoms with E-state index in [1.807, 2.05) is 35.2 Å². The van der Waals surface area contributed by atoms with Crippen LogP contribution in [0.15, 0.2) is 66.7 Å². The number of aliphatic hydroxyl groups is 1. The zero-order valence-electron chi connectivity index (χ0n) is 28.1. The molecule has 15 heteroatoms. The Bertz CT molecular complexity index is 1790. The second kappa shape index (κ2) is 18.6. The van der Waals surface area contributed by atoms with Crippen LogP contribution in [-0.2, 0) is 6.61 Å². The molecule has 0 saturated carbocycles. The van der Waals surface area contributed by atoms with Gasteiger partial charge in [-0.05, 0) is 42.3 Å². The summed E-state index contributed by atoms with van der Waals surface area (Å²) >= 11 is 13.6. The zero-order valence-corrected chi connectivity index (χ0v) is 31.4. The van der Waals surface area contributed by atoms with Gasteiger partial charge in [-0.25, -0.2) is 0 Å². The summed E-state index contributed by atoms with van der Waals surface area (Å²) in [4.78, 5) is 58.3. The molecule has 0 aliphatic carbocycles. The Hall–Kier alpha value is -3.86. The van der Waals surface area contributed by atoms with Crippen molar-refractivity contribution in [3.63, 3.8) is 0 Å². The minimum absolute atomic E-state index is 0.111. The van der Waals surface area contributed by atoms with E-state index in [-0.39, 0.29) is 60.9 Å². The fourth-order valence-corrected chi connectivity index (χ4v) is 8.06. The van der Waals surface area contributed by atoms with Crippen LogP contribution in [0.1, 0.15) is 52.6 Å². The minimum atomic E-state index is -0.415. The lowest BCUT2D eigenvalue weighted by Crippen LogP contribution is -2.41. The van der Waals surface area contributed by atoms with Crippen molar-refractivity contribution in [2.75, 3.05) is 63.9 Å². The number of ether oxygens (including phenoxy) is 1. The third kappa shape index (κ3) is 9.73. The Balaban J connectivity index is 1.19. The second-order valence-electron chi connectivity index (χ2n) is 11.7. The summed E-state index contributed by atoms with van der Waals surface area (Å²) in [5, 5.41) is 15.5. The Morgan fingerprint density at radius 1 is 0.745 bits per heavy atom. The molecule has 3 N–H and O–H groups in total. The number of thioether (sulfide) groups is 2. The molecule has 4 amide bonds. The van der Waals surface area contributed by atoms with Crippen LogP contribution in [0.2, 0.25) is 0 Å². The topological polar surface area (TPSA) is 132 Å². The van der Waals surface area contributed by atoms with Crippen molar-refractivity contribution in [2.24, 2.45) is 0 Å². The third-order valence-electron chi connectivity index (χ3n) is 8.38. The van der Waals surface area contributed by atoms with E-state index < -0.39 is 5.91 Å². The summed E-state index contributed by atoms with van der Waals surface area (Å²) < 4.78 is 7.19. The van der Waals surface area contributed by atoms with Crippen LogP contribution in [0.3, 0.4) is 0 Å². The number of thiocarbonyl (C=S) groups is 2. The van der Waals surface area contributed by atoms with Crippen molar-refractivity contribution in [1.82, 2.24) is 25.3 Å². The van der Waals surface area contributed by atoms with Gasteiger partial charge in [-0.2, -0.15) is 0 Å². The number of carbonyl (C=O) groups is 4. The van der Waals surface area contributed by atoms with Crippen molar-refractivity contribution in [1.29, 1.82) is 0 Å². The summed E-state index contributed by atoms with van der Waals surface area (Å²) in [6.45, 7) is 4.45. The molecular formula is C36H39N5O6S4. The fraction of sp³-hybridized carbons (Fsp3) is 0.333. The molecule has 51 heavy (non-hydrogen) atoms. The van der Waals surface area contributed by atoms with Gasteiger partial charge < -0.3 is 20.5 Å². The zero-order chi connectivity index (χ0) is 36.3. The van der Waals surface area contributed by atoms with Gasteiger partial charge in [0.15, 0.2) is 0 Å². The van der Waals surface area contributed by atoms with E-state index >= 15 is 0 Å². The first kappa shape index (κ1) is 38.4. The largest absolute Gasteiger partial charge is 0.487 e. The van der Waals surface area contributed by atoms with Crippen LogP contribution in [-0.4, -0.2) is 116 Å². The quantitative estimate of drug-likeness (QED) is 0.194. The first-order valence-electron chi connectivity index (χ1n) is 16.5. The lowest BCUT2D eigenvalue weighted by atomic mass is 10.0. The number of para-hydroxylation sites is 1. The number of hydrogen-bond donors (Lipinski definition) is 3. The van der Waals surface area contributed by atoms with Gasteiger partial charge in [0.05, 0.1) is 17.7 Å². The average Bonchev–Trinajstić information content (AvgIpc) is 3.77. The summed E-state index contributed by atoms with van der Waals surface area (Å²) in [7, 11) is 0. The number of hydrogen-bond acceptors (Lipinski definition) is 11. The molecule has 0 unspecified atom stereocenters. The molecule has 0 atom stereocenters. The highest BCUT2D eigenvalue weighted by molar-refractivity contribution is 8.23. The summed E-state index contributed by atoms with van der Waals surface area (Å²) in [5.74, 6) is 0.384. The highest BCUT2D eigenvalue weighted by atomic mass is 32.2. The molecule has 2 aliphatic rings. The molecule has 0 bridgehead atoms. The highest BCUT2D eigenvalue weighted by Gasteiger charge is 2.30. The Morgan fingerprint density at radius 3 is 1.84 bits per heavy atom. The molecule has 0 aromatic heterocycles. The van der Waals surface area contributed by atoms with E-state index in [1.54, 1.807) is 48.2 Å². The number of rotatable bonds is 15. The molecule has 0 spiro atoms. The molecule has 2 aliphatic heterocycles. The van der Waals surface area contributed by atoms with E-state index in [1.165, 1.54) is 28.4 Å². The SMILES string of the molecule is Cc1c(C(=O)NCCN(CCO)CCNC(=O)c2cccc(C(=O)N3CCSC3=S)c2OCc2ccccc2)cccc1C(=O)N1CCSC1=S. The Morgan fingerprint density at radius 2 is 1.27 bits per heavy atom. The van der Waals surface area contributed by atoms with Gasteiger partial charge in [-0.3, -0.25) is 33.9 Å². The maximum Gasteiger partial charge on any atom is 0.263 e. The molecule has 0 radical (unpaired) electrons. The van der Waals surface area contributed by atoms with Crippen molar-refractivity contribution in [3.8, 4) is 5.75 Å². The van der Waals surface area contributed by atoms with Gasteiger partial charge in [0.2, 0.25) is 0 Å². The van der Waals surface area contributed by atoms with Crippen LogP contribution in [0.4, 0.5) is 0 Å². The monoisotopic (exact) mass is 765 g/mol. The van der Waals surface area contributed by atoms with Gasteiger partial charge in [0, 0.05) is 68.4 Å². The van der Waals surface area contributed by atoms with Crippen LogP contribution in [0.25, 0.3) is 0 Å². The van der Waals surface area contributed by atoms with E-state index in [0.717, 1.165) is 11.3 Å². The molecular weight excluding hydrogens is 727 g/mol. The van der Waals surface area contributed by atoms with E-state index in [4.69, 9.17) is 29.2 Å². The number of carbonyl (C=O) groups excluding carboxylic acids is 4. The number of aliphatic hydroxyl groups excluding tert-OH is 1. The smallest absolute Gasteiger partial charge is 0.263 e. The predicted molar refractivity (Wildman–Crippen MR) is 209 cm³/mol. The van der Waals surface area contributed by atoms with Gasteiger partial charge >= 0.3 is 0 Å². The van der Waals surface area contributed by atoms with Crippen molar-refractivity contribution >= 4 is 80.2 Å². The number of amides is 4. The van der Waals surface area contributed by atoms with Gasteiger partial charge in [-0.1, -0.05) is 90.4 Å². The van der Waals surface area contributed by atoms with Crippen LogP contribution in [0, 0.1) is 6.92 Å². The highest BCUT2D eigenvalue weighted by Crippen LogP contribution is 2.30. The lowest BCUT2D eigenvalue weighted by Gasteiger charge is -2.22. The van der Waals surface area contributed by atoms with Crippen molar-refractivity contribution < 1.29 is 29.0 Å². The van der Waals surface area contributed by atoms with Crippen LogP contribution >= 0.6 is 48.0 Å². The molecule has 11 nitrogen and oxygen atoms in total. The standard InChI is InChI=1S/C36H39N5O6S4/c1-24-26(9-5-10-27(24)33(45)40-18-21-50-35(40)48)31(43)37-13-15-39(17-20-42)16-14-38-32(44)28-11-6-12-29(34(46)41-19-22-51-36(41)49)30(28)47-23-25-7-3-2-4-8-25/h2-12,42H,13-23H2,1H3,(H,37,43)(H,38,44). The predicted octanol–water partition coefficient (Wildman–Crippen LogP) is 3.98. The van der Waals surface area contributed by atoms with Gasteiger partial charge in [0.25, 0.3) is 23.6 Å². The normalized spacial score (nSPS) is 14.3. The first-order valence-corrected chi connectivity index (χ1v) is 19.2. The van der Waals surface area contributed by atoms with E-state index in [0.29, 0.717) is 63.8 Å². The van der Waals surface area contributed by atoms with Crippen LogP contribution in [0.5, 0.6) is 5.75 Å². The molecule has 2 heterocycles. The van der Waals surface area contributed by atoms with Gasteiger partial charge in [0.1, 0.15) is 21.0 Å². The number of nitrogens with zero attached hydrogens (tertiary/aromatic N) is 3. The molecule has 268 valence electrons. The summed E-state index contributed by atoms with van der Waals surface area (Å²) in [5.41, 5.74) is 2.77. The third-order valence-corrected chi connectivity index (χ3v) is 11.2. The van der Waals surface area contributed by atoms with Crippen molar-refractivity contribution in [3.05, 3.63) is 100 Å². The fourth-order valence-electron chi connectivity index (χ4n) is 5.65. The van der Waals surface area contributed by atoms with Gasteiger partial charge in [-0.15, -0.1) is 0 Å². The lowest BCUT2D eigenvalue weighted by molar-refractivity contribution is 0.0849. The minimum Gasteiger partial charge on any atom is -0.487 e. The summed E-state index contributed by atoms with van der Waals surface area (Å²) in [6.07, 6.45) is 0. The maximum absolute atomic E-state index is 13.5. The Kier molecular flexibility index (Phi) is 14.0. The number of nitrogens with one attached hydrogen (secondary N) is 2. The number of benzene rings is 3. The maximum atomic E-state index is 13.5.